The van der Waals surface area contributed by atoms with Gasteiger partial charge < -0.3 is 10.6 Å². The third-order valence-electron chi connectivity index (χ3n) is 6.34. The third kappa shape index (κ3) is 3.20. The van der Waals surface area contributed by atoms with E-state index in [2.05, 4.69) is 44.7 Å². The smallest absolute Gasteiger partial charge is 0.0358 e. The Hall–Kier alpha value is -0.120. The number of likely N-dealkylation sites (N-methyl/N-ethyl adjacent to an activating group) is 1. The molecule has 0 spiro atoms. The Morgan fingerprint density at radius 3 is 2.30 bits per heavy atom. The first-order valence-electron chi connectivity index (χ1n) is 8.43. The van der Waals surface area contributed by atoms with Crippen LogP contribution in [-0.2, 0) is 0 Å². The number of likely N-dealkylation sites (tertiary alicyclic amines) is 1. The van der Waals surface area contributed by atoms with Gasteiger partial charge in [-0.15, -0.1) is 0 Å². The molecule has 2 aliphatic rings. The first-order chi connectivity index (χ1) is 9.30. The van der Waals surface area contributed by atoms with Crippen molar-refractivity contribution in [1.29, 1.82) is 0 Å². The maximum absolute atomic E-state index is 6.25. The molecule has 1 saturated heterocycles. The van der Waals surface area contributed by atoms with Gasteiger partial charge >= 0.3 is 0 Å². The zero-order chi connectivity index (χ0) is 15.0. The van der Waals surface area contributed by atoms with E-state index in [1.54, 1.807) is 0 Å². The average Bonchev–Trinajstić information content (AvgIpc) is 2.41. The highest BCUT2D eigenvalue weighted by Crippen LogP contribution is 2.40. The fourth-order valence-electron chi connectivity index (χ4n) is 4.22. The summed E-state index contributed by atoms with van der Waals surface area (Å²) in [5, 5.41) is 0. The fraction of sp³-hybridized carbons (Fsp3) is 1.00. The van der Waals surface area contributed by atoms with Gasteiger partial charge in [0.1, 0.15) is 0 Å². The first-order valence-corrected chi connectivity index (χ1v) is 8.43. The van der Waals surface area contributed by atoms with Crippen molar-refractivity contribution in [2.75, 3.05) is 27.2 Å². The molecule has 0 aromatic carbocycles. The van der Waals surface area contributed by atoms with Crippen LogP contribution in [-0.4, -0.2) is 54.6 Å². The fourth-order valence-corrected chi connectivity index (χ4v) is 4.22. The summed E-state index contributed by atoms with van der Waals surface area (Å²) in [6.45, 7) is 9.17. The quantitative estimate of drug-likeness (QED) is 0.863. The van der Waals surface area contributed by atoms with Crippen molar-refractivity contribution in [3.63, 3.8) is 0 Å². The van der Waals surface area contributed by atoms with E-state index in [-0.39, 0.29) is 5.54 Å². The van der Waals surface area contributed by atoms with E-state index in [1.807, 2.05) is 0 Å². The molecule has 0 aromatic heterocycles. The summed E-state index contributed by atoms with van der Waals surface area (Å²) < 4.78 is 0. The Morgan fingerprint density at radius 1 is 1.20 bits per heavy atom. The number of rotatable bonds is 3. The van der Waals surface area contributed by atoms with E-state index in [4.69, 9.17) is 5.73 Å². The van der Waals surface area contributed by atoms with Crippen LogP contribution in [0, 0.1) is 5.41 Å². The Balaban J connectivity index is 2.04. The van der Waals surface area contributed by atoms with Gasteiger partial charge in [0.25, 0.3) is 0 Å². The van der Waals surface area contributed by atoms with Crippen LogP contribution in [0.1, 0.15) is 59.3 Å². The Labute approximate surface area is 125 Å². The van der Waals surface area contributed by atoms with Crippen molar-refractivity contribution in [3.05, 3.63) is 0 Å². The number of hydrogen-bond acceptors (Lipinski definition) is 3. The zero-order valence-electron chi connectivity index (χ0n) is 14.3. The minimum absolute atomic E-state index is 0.234. The SMILES string of the molecule is CC1CC(CN)(N(C)C2CCC(C)(C)CC2)CCN1C. The van der Waals surface area contributed by atoms with E-state index in [9.17, 15) is 0 Å². The van der Waals surface area contributed by atoms with Crippen LogP contribution in [0.3, 0.4) is 0 Å². The molecule has 0 radical (unpaired) electrons. The van der Waals surface area contributed by atoms with Crippen molar-refractivity contribution in [2.24, 2.45) is 11.1 Å². The maximum Gasteiger partial charge on any atom is 0.0358 e. The van der Waals surface area contributed by atoms with Gasteiger partial charge in [-0.1, -0.05) is 13.8 Å². The van der Waals surface area contributed by atoms with Gasteiger partial charge in [-0.25, -0.2) is 0 Å². The molecule has 0 aromatic rings. The van der Waals surface area contributed by atoms with Crippen LogP contribution in [0.4, 0.5) is 0 Å². The van der Waals surface area contributed by atoms with Crippen LogP contribution in [0.5, 0.6) is 0 Å². The molecular formula is C17H35N3. The monoisotopic (exact) mass is 281 g/mol. The number of piperidine rings is 1. The summed E-state index contributed by atoms with van der Waals surface area (Å²) >= 11 is 0. The molecule has 2 unspecified atom stereocenters. The second kappa shape index (κ2) is 5.94. The third-order valence-corrected chi connectivity index (χ3v) is 6.34. The molecule has 3 heteroatoms. The summed E-state index contributed by atoms with van der Waals surface area (Å²) in [5.41, 5.74) is 7.03. The second-order valence-electron chi connectivity index (χ2n) is 8.22. The normalized spacial score (nSPS) is 36.5. The molecule has 2 N–H and O–H groups in total. The Morgan fingerprint density at radius 2 is 1.80 bits per heavy atom. The Bertz CT molecular complexity index is 318. The molecule has 1 aliphatic carbocycles. The summed E-state index contributed by atoms with van der Waals surface area (Å²) in [4.78, 5) is 5.15. The molecule has 0 amide bonds. The second-order valence-corrected chi connectivity index (χ2v) is 8.22. The topological polar surface area (TPSA) is 32.5 Å². The predicted molar refractivity (Wildman–Crippen MR) is 86.9 cm³/mol. The Kier molecular flexibility index (Phi) is 4.83. The van der Waals surface area contributed by atoms with Crippen molar-refractivity contribution < 1.29 is 0 Å². The maximum atomic E-state index is 6.25. The molecule has 2 rings (SSSR count). The molecule has 1 aliphatic heterocycles. The molecule has 3 nitrogen and oxygen atoms in total. The first kappa shape index (κ1) is 16.3. The lowest BCUT2D eigenvalue weighted by Crippen LogP contribution is -2.62. The summed E-state index contributed by atoms with van der Waals surface area (Å²) in [6, 6.07) is 1.39. The molecule has 2 fully saturated rings. The van der Waals surface area contributed by atoms with Gasteiger partial charge in [0, 0.05) is 24.2 Å². The molecule has 1 saturated carbocycles. The van der Waals surface area contributed by atoms with E-state index in [0.29, 0.717) is 11.5 Å². The van der Waals surface area contributed by atoms with Gasteiger partial charge in [-0.2, -0.15) is 0 Å². The van der Waals surface area contributed by atoms with Gasteiger partial charge in [0.05, 0.1) is 0 Å². The summed E-state index contributed by atoms with van der Waals surface area (Å²) in [6.07, 6.45) is 7.85. The number of hydrogen-bond donors (Lipinski definition) is 1. The van der Waals surface area contributed by atoms with Crippen molar-refractivity contribution >= 4 is 0 Å². The van der Waals surface area contributed by atoms with E-state index < -0.39 is 0 Å². The van der Waals surface area contributed by atoms with Crippen LogP contribution >= 0.6 is 0 Å². The van der Waals surface area contributed by atoms with Gasteiger partial charge in [0.2, 0.25) is 0 Å². The molecule has 118 valence electrons. The highest BCUT2D eigenvalue weighted by Gasteiger charge is 2.42. The lowest BCUT2D eigenvalue weighted by molar-refractivity contribution is -0.0173. The van der Waals surface area contributed by atoms with Crippen LogP contribution in [0.25, 0.3) is 0 Å². The van der Waals surface area contributed by atoms with Crippen molar-refractivity contribution in [2.45, 2.75) is 76.9 Å². The van der Waals surface area contributed by atoms with Gasteiger partial charge in [-0.05, 0) is 71.5 Å². The van der Waals surface area contributed by atoms with Crippen molar-refractivity contribution in [3.8, 4) is 0 Å². The zero-order valence-corrected chi connectivity index (χ0v) is 14.3. The highest BCUT2D eigenvalue weighted by molar-refractivity contribution is 5.00. The van der Waals surface area contributed by atoms with Crippen LogP contribution < -0.4 is 5.73 Å². The molecular weight excluding hydrogens is 246 g/mol. The molecule has 1 heterocycles. The average molecular weight is 281 g/mol. The highest BCUT2D eigenvalue weighted by atomic mass is 15.3. The lowest BCUT2D eigenvalue weighted by atomic mass is 9.73. The standard InChI is InChI=1S/C17H35N3/c1-14-12-17(13-18,10-11-19(14)4)20(5)15-6-8-16(2,3)9-7-15/h14-15H,6-13,18H2,1-5H3. The van der Waals surface area contributed by atoms with E-state index in [0.717, 1.165) is 12.6 Å². The minimum Gasteiger partial charge on any atom is -0.329 e. The van der Waals surface area contributed by atoms with E-state index >= 15 is 0 Å². The van der Waals surface area contributed by atoms with E-state index in [1.165, 1.54) is 45.1 Å². The number of nitrogens with two attached hydrogens (primary N) is 1. The lowest BCUT2D eigenvalue weighted by Gasteiger charge is -2.53. The van der Waals surface area contributed by atoms with Gasteiger partial charge in [0.15, 0.2) is 0 Å². The molecule has 0 bridgehead atoms. The summed E-state index contributed by atoms with van der Waals surface area (Å²) in [5.74, 6) is 0. The largest absolute Gasteiger partial charge is 0.329 e. The van der Waals surface area contributed by atoms with Crippen LogP contribution in [0.2, 0.25) is 0 Å². The number of nitrogens with zero attached hydrogens (tertiary/aromatic N) is 2. The van der Waals surface area contributed by atoms with Crippen LogP contribution in [0.15, 0.2) is 0 Å². The molecule has 20 heavy (non-hydrogen) atoms. The predicted octanol–water partition coefficient (Wildman–Crippen LogP) is 2.70. The van der Waals surface area contributed by atoms with Crippen molar-refractivity contribution in [1.82, 2.24) is 9.80 Å². The van der Waals surface area contributed by atoms with Gasteiger partial charge in [-0.3, -0.25) is 4.90 Å². The molecule has 2 atom stereocenters. The minimum atomic E-state index is 0.234. The summed E-state index contributed by atoms with van der Waals surface area (Å²) in [7, 11) is 4.59.